The van der Waals surface area contributed by atoms with Crippen LogP contribution in [0, 0.1) is 5.92 Å². The highest BCUT2D eigenvalue weighted by Gasteiger charge is 2.18. The smallest absolute Gasteiger partial charge is 0.243 e. The summed E-state index contributed by atoms with van der Waals surface area (Å²) in [7, 11) is -3.46. The Morgan fingerprint density at radius 1 is 1.45 bits per heavy atom. The first-order chi connectivity index (χ1) is 9.53. The molecule has 1 heterocycles. The molecular weight excluding hydrogens is 276 g/mol. The van der Waals surface area contributed by atoms with Crippen molar-refractivity contribution in [2.45, 2.75) is 51.0 Å². The van der Waals surface area contributed by atoms with Crippen LogP contribution in [0.4, 0.5) is 0 Å². The summed E-state index contributed by atoms with van der Waals surface area (Å²) >= 11 is 0. The SMILES string of the molecule is CCCCC(CC)CNS(=O)(=O)c1cnn(CCN)c1. The quantitative estimate of drug-likeness (QED) is 0.682. The second kappa shape index (κ2) is 8.39. The van der Waals surface area contributed by atoms with E-state index in [0.29, 0.717) is 25.6 Å². The maximum absolute atomic E-state index is 12.1. The molecule has 0 radical (unpaired) electrons. The van der Waals surface area contributed by atoms with E-state index in [9.17, 15) is 8.42 Å². The predicted octanol–water partition coefficient (Wildman–Crippen LogP) is 1.34. The van der Waals surface area contributed by atoms with Crippen LogP contribution in [0.25, 0.3) is 0 Å². The monoisotopic (exact) mass is 302 g/mol. The zero-order valence-corrected chi connectivity index (χ0v) is 13.2. The van der Waals surface area contributed by atoms with Gasteiger partial charge in [-0.2, -0.15) is 5.10 Å². The van der Waals surface area contributed by atoms with Crippen molar-refractivity contribution in [2.75, 3.05) is 13.1 Å². The maximum Gasteiger partial charge on any atom is 0.243 e. The third-order valence-corrected chi connectivity index (χ3v) is 4.76. The van der Waals surface area contributed by atoms with E-state index in [0.717, 1.165) is 25.7 Å². The lowest BCUT2D eigenvalue weighted by atomic mass is 10.00. The fraction of sp³-hybridized carbons (Fsp3) is 0.769. The summed E-state index contributed by atoms with van der Waals surface area (Å²) < 4.78 is 28.5. The topological polar surface area (TPSA) is 90.0 Å². The fourth-order valence-corrected chi connectivity index (χ4v) is 3.06. The summed E-state index contributed by atoms with van der Waals surface area (Å²) in [6.07, 6.45) is 7.19. The van der Waals surface area contributed by atoms with Crippen molar-refractivity contribution in [3.8, 4) is 0 Å². The van der Waals surface area contributed by atoms with Gasteiger partial charge in [-0.05, 0) is 12.3 Å². The molecule has 0 saturated carbocycles. The number of sulfonamides is 1. The lowest BCUT2D eigenvalue weighted by Crippen LogP contribution is -2.29. The van der Waals surface area contributed by atoms with Gasteiger partial charge in [-0.15, -0.1) is 0 Å². The van der Waals surface area contributed by atoms with Crippen molar-refractivity contribution >= 4 is 10.0 Å². The van der Waals surface area contributed by atoms with Crippen molar-refractivity contribution < 1.29 is 8.42 Å². The molecule has 1 aromatic heterocycles. The van der Waals surface area contributed by atoms with E-state index in [1.165, 1.54) is 12.4 Å². The minimum Gasteiger partial charge on any atom is -0.329 e. The molecule has 116 valence electrons. The zero-order chi connectivity index (χ0) is 15.0. The molecule has 1 aromatic rings. The fourth-order valence-electron chi connectivity index (χ4n) is 1.99. The molecule has 0 aliphatic rings. The van der Waals surface area contributed by atoms with Crippen LogP contribution < -0.4 is 10.5 Å². The summed E-state index contributed by atoms with van der Waals surface area (Å²) in [4.78, 5) is 0.205. The Labute approximate surface area is 121 Å². The normalized spacial score (nSPS) is 13.6. The molecule has 6 nitrogen and oxygen atoms in total. The van der Waals surface area contributed by atoms with Crippen LogP contribution in [-0.2, 0) is 16.6 Å². The Morgan fingerprint density at radius 3 is 2.80 bits per heavy atom. The van der Waals surface area contributed by atoms with E-state index in [-0.39, 0.29) is 4.90 Å². The number of unbranched alkanes of at least 4 members (excludes halogenated alkanes) is 1. The minimum atomic E-state index is -3.46. The molecule has 7 heteroatoms. The van der Waals surface area contributed by atoms with Crippen molar-refractivity contribution in [2.24, 2.45) is 11.7 Å². The molecule has 0 aliphatic carbocycles. The molecule has 0 aromatic carbocycles. The summed E-state index contributed by atoms with van der Waals surface area (Å²) in [5.41, 5.74) is 5.42. The Hall–Kier alpha value is -0.920. The van der Waals surface area contributed by atoms with Gasteiger partial charge in [0, 0.05) is 19.3 Å². The van der Waals surface area contributed by atoms with Gasteiger partial charge in [-0.3, -0.25) is 4.68 Å². The average molecular weight is 302 g/mol. The number of hydrogen-bond donors (Lipinski definition) is 2. The Balaban J connectivity index is 2.59. The average Bonchev–Trinajstić information content (AvgIpc) is 2.89. The molecular formula is C13H26N4O2S. The van der Waals surface area contributed by atoms with Gasteiger partial charge in [0.05, 0.1) is 12.7 Å². The van der Waals surface area contributed by atoms with Gasteiger partial charge in [0.1, 0.15) is 4.90 Å². The molecule has 0 bridgehead atoms. The van der Waals surface area contributed by atoms with Crippen molar-refractivity contribution in [3.05, 3.63) is 12.4 Å². The molecule has 1 atom stereocenters. The van der Waals surface area contributed by atoms with Gasteiger partial charge in [0.25, 0.3) is 0 Å². The van der Waals surface area contributed by atoms with Crippen LogP contribution in [0.2, 0.25) is 0 Å². The molecule has 20 heavy (non-hydrogen) atoms. The second-order valence-corrected chi connectivity index (χ2v) is 6.76. The number of aromatic nitrogens is 2. The van der Waals surface area contributed by atoms with Gasteiger partial charge < -0.3 is 5.73 Å². The molecule has 3 N–H and O–H groups in total. The van der Waals surface area contributed by atoms with E-state index >= 15 is 0 Å². The summed E-state index contributed by atoms with van der Waals surface area (Å²) in [6, 6.07) is 0. The van der Waals surface area contributed by atoms with E-state index < -0.39 is 10.0 Å². The molecule has 1 rings (SSSR count). The predicted molar refractivity (Wildman–Crippen MR) is 79.8 cm³/mol. The molecule has 0 spiro atoms. The highest BCUT2D eigenvalue weighted by Crippen LogP contribution is 2.13. The maximum atomic E-state index is 12.1. The number of nitrogens with zero attached hydrogens (tertiary/aromatic N) is 2. The first-order valence-corrected chi connectivity index (χ1v) is 8.74. The summed E-state index contributed by atoms with van der Waals surface area (Å²) in [5, 5.41) is 3.99. The molecule has 0 amide bonds. The van der Waals surface area contributed by atoms with Crippen molar-refractivity contribution in [1.29, 1.82) is 0 Å². The van der Waals surface area contributed by atoms with E-state index in [1.54, 1.807) is 4.68 Å². The van der Waals surface area contributed by atoms with Gasteiger partial charge in [-0.25, -0.2) is 13.1 Å². The number of nitrogens with two attached hydrogens (primary N) is 1. The van der Waals surface area contributed by atoms with Crippen LogP contribution >= 0.6 is 0 Å². The first kappa shape index (κ1) is 17.1. The van der Waals surface area contributed by atoms with Crippen LogP contribution in [0.3, 0.4) is 0 Å². The van der Waals surface area contributed by atoms with E-state index in [4.69, 9.17) is 5.73 Å². The highest BCUT2D eigenvalue weighted by molar-refractivity contribution is 7.89. The number of rotatable bonds is 10. The van der Waals surface area contributed by atoms with E-state index in [2.05, 4.69) is 23.7 Å². The highest BCUT2D eigenvalue weighted by atomic mass is 32.2. The van der Waals surface area contributed by atoms with E-state index in [1.807, 2.05) is 0 Å². The standard InChI is InChI=1S/C13H26N4O2S/c1-3-5-6-12(4-2)9-16-20(18,19)13-10-15-17(11-13)8-7-14/h10-12,16H,3-9,14H2,1-2H3. The van der Waals surface area contributed by atoms with Gasteiger partial charge in [0.2, 0.25) is 10.0 Å². The van der Waals surface area contributed by atoms with Crippen molar-refractivity contribution in [1.82, 2.24) is 14.5 Å². The Kier molecular flexibility index (Phi) is 7.18. The lowest BCUT2D eigenvalue weighted by Gasteiger charge is -2.14. The summed E-state index contributed by atoms with van der Waals surface area (Å²) in [6.45, 7) is 5.67. The van der Waals surface area contributed by atoms with Crippen LogP contribution in [0.1, 0.15) is 39.5 Å². The first-order valence-electron chi connectivity index (χ1n) is 7.25. The Morgan fingerprint density at radius 2 is 2.20 bits per heavy atom. The molecule has 0 fully saturated rings. The van der Waals surface area contributed by atoms with Crippen molar-refractivity contribution in [3.63, 3.8) is 0 Å². The van der Waals surface area contributed by atoms with Crippen LogP contribution in [-0.4, -0.2) is 31.3 Å². The molecule has 1 unspecified atom stereocenters. The number of hydrogen-bond acceptors (Lipinski definition) is 4. The second-order valence-electron chi connectivity index (χ2n) is 5.00. The third-order valence-electron chi connectivity index (χ3n) is 3.38. The van der Waals surface area contributed by atoms with Crippen LogP contribution in [0.5, 0.6) is 0 Å². The zero-order valence-electron chi connectivity index (χ0n) is 12.4. The third kappa shape index (κ3) is 5.22. The minimum absolute atomic E-state index is 0.205. The molecule has 0 saturated heterocycles. The van der Waals surface area contributed by atoms with Gasteiger partial charge in [-0.1, -0.05) is 33.1 Å². The number of nitrogens with one attached hydrogen (secondary N) is 1. The van der Waals surface area contributed by atoms with Crippen LogP contribution in [0.15, 0.2) is 17.3 Å². The Bertz CT molecular complexity index is 484. The largest absolute Gasteiger partial charge is 0.329 e. The molecule has 0 aliphatic heterocycles. The summed E-state index contributed by atoms with van der Waals surface area (Å²) in [5.74, 6) is 0.392. The van der Waals surface area contributed by atoms with Gasteiger partial charge in [0.15, 0.2) is 0 Å². The van der Waals surface area contributed by atoms with Gasteiger partial charge >= 0.3 is 0 Å². The lowest BCUT2D eigenvalue weighted by molar-refractivity contribution is 0.443.